The number of para-hydroxylation sites is 1. The Morgan fingerprint density at radius 2 is 1.91 bits per heavy atom. The Morgan fingerprint density at radius 1 is 1.15 bits per heavy atom. The van der Waals surface area contributed by atoms with Crippen molar-refractivity contribution in [3.8, 4) is 17.0 Å². The third kappa shape index (κ3) is 5.61. The van der Waals surface area contributed by atoms with E-state index in [1.165, 1.54) is 28.7 Å². The SMILES string of the molecule is Cc1ccc(-c2csc(NC(=O)CSc3nnc(C(C)Oc4ccccc4C)n3C)n2)cc1. The van der Waals surface area contributed by atoms with Gasteiger partial charge in [0.05, 0.1) is 11.4 Å². The molecule has 4 aromatic rings. The molecule has 0 saturated heterocycles. The highest BCUT2D eigenvalue weighted by Crippen LogP contribution is 2.27. The van der Waals surface area contributed by atoms with Crippen molar-refractivity contribution >= 4 is 34.1 Å². The van der Waals surface area contributed by atoms with Crippen molar-refractivity contribution in [1.82, 2.24) is 19.7 Å². The van der Waals surface area contributed by atoms with Crippen LogP contribution in [-0.2, 0) is 11.8 Å². The average molecular weight is 480 g/mol. The molecule has 1 amide bonds. The summed E-state index contributed by atoms with van der Waals surface area (Å²) in [6, 6.07) is 16.0. The molecule has 1 N–H and O–H groups in total. The minimum absolute atomic E-state index is 0.140. The molecule has 0 bridgehead atoms. The minimum atomic E-state index is -0.276. The van der Waals surface area contributed by atoms with Crippen LogP contribution in [0.3, 0.4) is 0 Å². The van der Waals surface area contributed by atoms with Gasteiger partial charge in [-0.25, -0.2) is 4.98 Å². The van der Waals surface area contributed by atoms with Crippen LogP contribution in [0.1, 0.15) is 30.0 Å². The highest BCUT2D eigenvalue weighted by molar-refractivity contribution is 7.99. The van der Waals surface area contributed by atoms with Crippen molar-refractivity contribution < 1.29 is 9.53 Å². The van der Waals surface area contributed by atoms with Gasteiger partial charge in [-0.15, -0.1) is 21.5 Å². The van der Waals surface area contributed by atoms with E-state index in [1.54, 1.807) is 0 Å². The number of hydrogen-bond donors (Lipinski definition) is 1. The standard InChI is InChI=1S/C24H25N5O2S2/c1-15-9-11-18(12-10-15)19-13-32-23(25-19)26-21(30)14-33-24-28-27-22(29(24)4)17(3)31-20-8-6-5-7-16(20)2/h5-13,17H,14H2,1-4H3,(H,25,26,30). The first-order valence-corrected chi connectivity index (χ1v) is 12.3. The lowest BCUT2D eigenvalue weighted by Gasteiger charge is -2.15. The number of anilines is 1. The van der Waals surface area contributed by atoms with Crippen molar-refractivity contribution in [3.63, 3.8) is 0 Å². The number of amides is 1. The highest BCUT2D eigenvalue weighted by atomic mass is 32.2. The molecule has 2 aromatic carbocycles. The molecular formula is C24H25N5O2S2. The Labute approximate surface area is 201 Å². The van der Waals surface area contributed by atoms with Gasteiger partial charge in [-0.1, -0.05) is 59.8 Å². The van der Waals surface area contributed by atoms with Crippen LogP contribution in [0.15, 0.2) is 59.1 Å². The topological polar surface area (TPSA) is 81.9 Å². The summed E-state index contributed by atoms with van der Waals surface area (Å²) in [7, 11) is 1.88. The van der Waals surface area contributed by atoms with Crippen LogP contribution >= 0.6 is 23.1 Å². The lowest BCUT2D eigenvalue weighted by atomic mass is 10.1. The molecule has 1 unspecified atom stereocenters. The van der Waals surface area contributed by atoms with Gasteiger partial charge >= 0.3 is 0 Å². The molecule has 2 aromatic heterocycles. The number of aromatic nitrogens is 4. The number of rotatable bonds is 8. The van der Waals surface area contributed by atoms with Gasteiger partial charge in [0.15, 0.2) is 22.2 Å². The molecule has 0 aliphatic carbocycles. The van der Waals surface area contributed by atoms with E-state index in [0.29, 0.717) is 16.1 Å². The van der Waals surface area contributed by atoms with Crippen molar-refractivity contribution in [3.05, 3.63) is 70.9 Å². The fourth-order valence-electron chi connectivity index (χ4n) is 3.21. The summed E-state index contributed by atoms with van der Waals surface area (Å²) < 4.78 is 7.92. The summed E-state index contributed by atoms with van der Waals surface area (Å²) in [4.78, 5) is 17.0. The van der Waals surface area contributed by atoms with Gasteiger partial charge in [-0.05, 0) is 32.4 Å². The smallest absolute Gasteiger partial charge is 0.236 e. The van der Waals surface area contributed by atoms with Crippen LogP contribution in [0.4, 0.5) is 5.13 Å². The molecule has 9 heteroatoms. The molecule has 0 aliphatic heterocycles. The van der Waals surface area contributed by atoms with E-state index in [1.807, 2.05) is 86.3 Å². The van der Waals surface area contributed by atoms with Crippen molar-refractivity contribution in [1.29, 1.82) is 0 Å². The zero-order valence-electron chi connectivity index (χ0n) is 18.9. The Morgan fingerprint density at radius 3 is 2.67 bits per heavy atom. The fourth-order valence-corrected chi connectivity index (χ4v) is 4.67. The molecule has 0 spiro atoms. The summed E-state index contributed by atoms with van der Waals surface area (Å²) in [6.07, 6.45) is -0.276. The van der Waals surface area contributed by atoms with Crippen LogP contribution in [-0.4, -0.2) is 31.4 Å². The Bertz CT molecular complexity index is 1250. The molecule has 4 rings (SSSR count). The number of ether oxygens (including phenoxy) is 1. The third-order valence-corrected chi connectivity index (χ3v) is 6.84. The Hall–Kier alpha value is -3.17. The number of nitrogens with one attached hydrogen (secondary N) is 1. The number of hydrogen-bond acceptors (Lipinski definition) is 7. The number of carbonyl (C=O) groups is 1. The van der Waals surface area contributed by atoms with Crippen LogP contribution in [0.5, 0.6) is 5.75 Å². The maximum atomic E-state index is 12.5. The largest absolute Gasteiger partial charge is 0.482 e. The van der Waals surface area contributed by atoms with Crippen molar-refractivity contribution in [2.24, 2.45) is 7.05 Å². The summed E-state index contributed by atoms with van der Waals surface area (Å²) >= 11 is 2.74. The fraction of sp³-hybridized carbons (Fsp3) is 0.250. The predicted molar refractivity (Wildman–Crippen MR) is 133 cm³/mol. The van der Waals surface area contributed by atoms with Gasteiger partial charge in [0.25, 0.3) is 0 Å². The Kier molecular flexibility index (Phi) is 7.10. The normalized spacial score (nSPS) is 11.9. The molecule has 170 valence electrons. The van der Waals surface area contributed by atoms with E-state index >= 15 is 0 Å². The van der Waals surface area contributed by atoms with E-state index < -0.39 is 0 Å². The van der Waals surface area contributed by atoms with Crippen LogP contribution < -0.4 is 10.1 Å². The number of thiazole rings is 1. The van der Waals surface area contributed by atoms with Crippen molar-refractivity contribution in [2.75, 3.05) is 11.1 Å². The zero-order valence-corrected chi connectivity index (χ0v) is 20.5. The number of aryl methyl sites for hydroxylation is 2. The second kappa shape index (κ2) is 10.2. The first-order chi connectivity index (χ1) is 15.9. The lowest BCUT2D eigenvalue weighted by Crippen LogP contribution is -2.14. The number of benzene rings is 2. The molecular weight excluding hydrogens is 454 g/mol. The summed E-state index contributed by atoms with van der Waals surface area (Å²) in [5.74, 6) is 1.58. The molecule has 0 aliphatic rings. The molecule has 33 heavy (non-hydrogen) atoms. The van der Waals surface area contributed by atoms with E-state index in [0.717, 1.165) is 22.6 Å². The second-order valence-electron chi connectivity index (χ2n) is 7.67. The van der Waals surface area contributed by atoms with Gasteiger partial charge in [-0.2, -0.15) is 0 Å². The highest BCUT2D eigenvalue weighted by Gasteiger charge is 2.19. The maximum absolute atomic E-state index is 12.5. The summed E-state index contributed by atoms with van der Waals surface area (Å²) in [5, 5.41) is 14.5. The number of nitrogens with zero attached hydrogens (tertiary/aromatic N) is 4. The average Bonchev–Trinajstić information content (AvgIpc) is 3.41. The van der Waals surface area contributed by atoms with Gasteiger partial charge < -0.3 is 14.6 Å². The minimum Gasteiger partial charge on any atom is -0.482 e. The Balaban J connectivity index is 1.33. The van der Waals surface area contributed by atoms with E-state index in [4.69, 9.17) is 4.74 Å². The predicted octanol–water partition coefficient (Wildman–Crippen LogP) is 5.43. The first-order valence-electron chi connectivity index (χ1n) is 10.5. The van der Waals surface area contributed by atoms with Gasteiger partial charge in [0.2, 0.25) is 5.91 Å². The zero-order chi connectivity index (χ0) is 23.4. The lowest BCUT2D eigenvalue weighted by molar-refractivity contribution is -0.113. The van der Waals surface area contributed by atoms with E-state index in [2.05, 4.69) is 20.5 Å². The van der Waals surface area contributed by atoms with Gasteiger partial charge in [-0.3, -0.25) is 4.79 Å². The summed E-state index contributed by atoms with van der Waals surface area (Å²) in [5.41, 5.74) is 4.14. The quantitative estimate of drug-likeness (QED) is 0.340. The van der Waals surface area contributed by atoms with Crippen LogP contribution in [0.2, 0.25) is 0 Å². The third-order valence-electron chi connectivity index (χ3n) is 5.06. The van der Waals surface area contributed by atoms with Crippen LogP contribution in [0, 0.1) is 13.8 Å². The van der Waals surface area contributed by atoms with Crippen molar-refractivity contribution in [2.45, 2.75) is 32.0 Å². The first kappa shape index (κ1) is 23.0. The van der Waals surface area contributed by atoms with Gasteiger partial charge in [0, 0.05) is 18.0 Å². The molecule has 7 nitrogen and oxygen atoms in total. The summed E-state index contributed by atoms with van der Waals surface area (Å²) in [6.45, 7) is 5.99. The molecule has 1 atom stereocenters. The maximum Gasteiger partial charge on any atom is 0.236 e. The molecule has 0 radical (unpaired) electrons. The molecule has 0 saturated carbocycles. The van der Waals surface area contributed by atoms with Crippen LogP contribution in [0.25, 0.3) is 11.3 Å². The van der Waals surface area contributed by atoms with E-state index in [-0.39, 0.29) is 17.8 Å². The monoisotopic (exact) mass is 479 g/mol. The van der Waals surface area contributed by atoms with E-state index in [9.17, 15) is 4.79 Å². The number of thioether (sulfide) groups is 1. The molecule has 0 fully saturated rings. The molecule has 2 heterocycles. The second-order valence-corrected chi connectivity index (χ2v) is 9.47. The number of carbonyl (C=O) groups excluding carboxylic acids is 1. The van der Waals surface area contributed by atoms with Gasteiger partial charge in [0.1, 0.15) is 5.75 Å².